The van der Waals surface area contributed by atoms with Crippen LogP contribution in [0.5, 0.6) is 11.5 Å². The zero-order chi connectivity index (χ0) is 42.2. The van der Waals surface area contributed by atoms with Crippen LogP contribution in [0.1, 0.15) is 69.1 Å². The lowest BCUT2D eigenvalue weighted by atomic mass is 10.1. The second-order valence-electron chi connectivity index (χ2n) is 13.7. The summed E-state index contributed by atoms with van der Waals surface area (Å²) in [6, 6.07) is 17.2. The van der Waals surface area contributed by atoms with E-state index in [1.165, 1.54) is 30.2 Å². The summed E-state index contributed by atoms with van der Waals surface area (Å²) < 4.78 is 75.9. The Morgan fingerprint density at radius 1 is 0.776 bits per heavy atom. The molecule has 0 fully saturated rings. The van der Waals surface area contributed by atoms with Crippen molar-refractivity contribution in [3.63, 3.8) is 0 Å². The Kier molecular flexibility index (Phi) is 11.4. The Morgan fingerprint density at radius 3 is 1.93 bits per heavy atom. The molecule has 0 aliphatic heterocycles. The van der Waals surface area contributed by atoms with Gasteiger partial charge in [-0.05, 0) is 84.0 Å². The summed E-state index contributed by atoms with van der Waals surface area (Å²) in [7, 11) is 1.24. The van der Waals surface area contributed by atoms with E-state index < -0.39 is 34.7 Å². The number of hydrogen-bond donors (Lipinski definition) is 2. The number of carbonyl (C=O) groups excluding carboxylic acids is 1. The molecule has 0 saturated heterocycles. The summed E-state index contributed by atoms with van der Waals surface area (Å²) in [5.74, 6) is -5.32. The zero-order valence-corrected chi connectivity index (χ0v) is 32.6. The zero-order valence-electron chi connectivity index (χ0n) is 32.6. The van der Waals surface area contributed by atoms with Gasteiger partial charge >= 0.3 is 5.97 Å². The molecule has 3 heterocycles. The van der Waals surface area contributed by atoms with Crippen molar-refractivity contribution in [3.05, 3.63) is 105 Å². The van der Waals surface area contributed by atoms with E-state index in [1.54, 1.807) is 68.7 Å². The third-order valence-electron chi connectivity index (χ3n) is 9.47. The molecule has 15 heteroatoms. The molecule has 7 aromatic rings. The lowest BCUT2D eigenvalue weighted by molar-refractivity contribution is 0.0603. The van der Waals surface area contributed by atoms with Crippen LogP contribution in [-0.4, -0.2) is 46.9 Å². The van der Waals surface area contributed by atoms with Gasteiger partial charge in [0.15, 0.2) is 28.6 Å². The highest BCUT2D eigenvalue weighted by molar-refractivity contribution is 6.11. The molecular formula is C43H38F4N6O5. The van der Waals surface area contributed by atoms with Gasteiger partial charge in [0.05, 0.1) is 65.6 Å². The number of benzene rings is 4. The number of pyridine rings is 1. The van der Waals surface area contributed by atoms with E-state index in [4.69, 9.17) is 19.5 Å². The van der Waals surface area contributed by atoms with Crippen LogP contribution in [0.3, 0.4) is 0 Å². The van der Waals surface area contributed by atoms with Crippen molar-refractivity contribution in [3.8, 4) is 23.6 Å². The number of carbonyl (C=O) groups is 1. The van der Waals surface area contributed by atoms with Gasteiger partial charge in [-0.3, -0.25) is 4.79 Å². The van der Waals surface area contributed by atoms with Crippen LogP contribution >= 0.6 is 0 Å². The number of aromatic nitrogens is 3. The number of rotatable bonds is 9. The molecule has 58 heavy (non-hydrogen) atoms. The summed E-state index contributed by atoms with van der Waals surface area (Å²) in [6.07, 6.45) is 0. The number of fused-ring (bicyclic) bond motifs is 5. The first kappa shape index (κ1) is 40.7. The van der Waals surface area contributed by atoms with E-state index in [1.807, 2.05) is 19.9 Å². The molecule has 0 aliphatic carbocycles. The van der Waals surface area contributed by atoms with Crippen LogP contribution in [0.15, 0.2) is 59.4 Å². The van der Waals surface area contributed by atoms with Crippen molar-refractivity contribution in [1.29, 1.82) is 10.5 Å². The van der Waals surface area contributed by atoms with Crippen molar-refractivity contribution in [2.75, 3.05) is 25.2 Å². The summed E-state index contributed by atoms with van der Waals surface area (Å²) in [6.45, 7) is 10.9. The van der Waals surface area contributed by atoms with Gasteiger partial charge in [-0.2, -0.15) is 19.3 Å². The van der Waals surface area contributed by atoms with Crippen LogP contribution in [0.4, 0.5) is 29.1 Å². The molecule has 0 unspecified atom stereocenters. The maximum absolute atomic E-state index is 15.0. The summed E-state index contributed by atoms with van der Waals surface area (Å²) in [5.41, 5.74) is 1.87. The predicted molar refractivity (Wildman–Crippen MR) is 213 cm³/mol. The van der Waals surface area contributed by atoms with Crippen LogP contribution in [0.25, 0.3) is 43.7 Å². The van der Waals surface area contributed by atoms with Gasteiger partial charge in [-0.15, -0.1) is 0 Å². The Balaban J connectivity index is 0.000000196. The van der Waals surface area contributed by atoms with Gasteiger partial charge in [-0.25, -0.2) is 13.6 Å². The normalized spacial score (nSPS) is 11.2. The fourth-order valence-electron chi connectivity index (χ4n) is 7.06. The summed E-state index contributed by atoms with van der Waals surface area (Å²) in [5, 5.41) is 19.9. The van der Waals surface area contributed by atoms with E-state index in [0.717, 1.165) is 0 Å². The predicted octanol–water partition coefficient (Wildman–Crippen LogP) is 9.82. The van der Waals surface area contributed by atoms with Gasteiger partial charge in [0, 0.05) is 33.9 Å². The lowest BCUT2D eigenvalue weighted by Gasteiger charge is -2.29. The molecule has 2 N–H and O–H groups in total. The van der Waals surface area contributed by atoms with E-state index in [-0.39, 0.29) is 64.8 Å². The highest BCUT2D eigenvalue weighted by atomic mass is 19.2. The van der Waals surface area contributed by atoms with E-state index in [9.17, 15) is 23.6 Å². The Labute approximate surface area is 329 Å². The first-order chi connectivity index (χ1) is 27.7. The molecule has 0 radical (unpaired) electrons. The quantitative estimate of drug-likeness (QED) is 0.108. The lowest BCUT2D eigenvalue weighted by Crippen LogP contribution is -2.28. The third-order valence-corrected chi connectivity index (χ3v) is 9.47. The highest BCUT2D eigenvalue weighted by Crippen LogP contribution is 2.39. The largest absolute Gasteiger partial charge is 0.491 e. The number of nitrogens with zero attached hydrogens (tertiary/aromatic N) is 4. The molecule has 0 bridgehead atoms. The highest BCUT2D eigenvalue weighted by Gasteiger charge is 2.30. The number of anilines is 2. The Morgan fingerprint density at radius 2 is 1.36 bits per heavy atom. The monoisotopic (exact) mass is 794 g/mol. The molecular weight excluding hydrogens is 757 g/mol. The summed E-state index contributed by atoms with van der Waals surface area (Å²) >= 11 is 0. The molecule has 0 amide bonds. The first-order valence-electron chi connectivity index (χ1n) is 18.3. The van der Waals surface area contributed by atoms with Crippen molar-refractivity contribution >= 4 is 61.2 Å². The third kappa shape index (κ3) is 6.89. The van der Waals surface area contributed by atoms with Gasteiger partial charge in [-0.1, -0.05) is 12.1 Å². The number of hydrogen-bond acceptors (Lipinski definition) is 8. The first-order valence-corrected chi connectivity index (χ1v) is 18.3. The van der Waals surface area contributed by atoms with Crippen molar-refractivity contribution in [2.24, 2.45) is 0 Å². The number of halogens is 4. The molecule has 0 saturated carbocycles. The van der Waals surface area contributed by atoms with Crippen LogP contribution in [-0.2, 0) is 4.74 Å². The van der Waals surface area contributed by atoms with Crippen LogP contribution in [0, 0.1) is 45.9 Å². The minimum Gasteiger partial charge on any atom is -0.491 e. The number of esters is 1. The molecule has 0 spiro atoms. The average Bonchev–Trinajstić information content (AvgIpc) is 3.77. The topological polar surface area (TPSA) is 149 Å². The smallest absolute Gasteiger partial charge is 0.342 e. The number of aromatic amines is 2. The van der Waals surface area contributed by atoms with Crippen molar-refractivity contribution < 1.29 is 36.6 Å². The molecule has 7 rings (SSSR count). The maximum atomic E-state index is 15.0. The number of nitriles is 2. The van der Waals surface area contributed by atoms with Crippen molar-refractivity contribution in [1.82, 2.24) is 14.5 Å². The average molecular weight is 795 g/mol. The molecule has 0 atom stereocenters. The van der Waals surface area contributed by atoms with E-state index in [2.05, 4.69) is 16.0 Å². The van der Waals surface area contributed by atoms with Crippen LogP contribution < -0.4 is 19.8 Å². The van der Waals surface area contributed by atoms with Gasteiger partial charge < -0.3 is 33.6 Å². The molecule has 11 nitrogen and oxygen atoms in total. The second-order valence-corrected chi connectivity index (χ2v) is 13.7. The maximum Gasteiger partial charge on any atom is 0.342 e. The number of nitrogens with one attached hydrogen (secondary N) is 2. The standard InChI is InChI=1S/C22H21F2N3O3.C21H17F2N3O2/c1-5-30-17-9-8-16(19(23)20(17)24)27(12(2)3)21-18(22(28)29-4)14-7-6-13(11-25)10-15(14)26-21;1-4-28-15-8-13-19(18(23)17(15)22)26(10(2)3)21-16(20(13)27)12-6-5-11(9-24)7-14(12)25-21/h6-10,12,26H,5H2,1-4H3;5-8,10,25H,4H2,1-3H3. The van der Waals surface area contributed by atoms with Crippen molar-refractivity contribution in [2.45, 2.75) is 53.6 Å². The number of H-pyrrole nitrogens is 2. The molecule has 3 aromatic heterocycles. The van der Waals surface area contributed by atoms with Gasteiger partial charge in [0.1, 0.15) is 17.0 Å². The molecule has 0 aliphatic rings. The van der Waals surface area contributed by atoms with E-state index in [0.29, 0.717) is 44.0 Å². The Hall–Kier alpha value is -7.00. The Bertz CT molecular complexity index is 2900. The fourth-order valence-corrected chi connectivity index (χ4v) is 7.06. The SMILES string of the molecule is CCOc1cc2c(=O)c3c4ccc(C#N)cc4[nH]c3n(C(C)C)c2c(F)c1F.CCOc1ccc(N(c2[nH]c3cc(C#N)ccc3c2C(=O)OC)C(C)C)c(F)c1F. The van der Waals surface area contributed by atoms with Crippen LogP contribution in [0.2, 0.25) is 0 Å². The number of methoxy groups -OCH3 is 1. The fraction of sp³-hybridized carbons (Fsp3) is 0.256. The molecule has 4 aromatic carbocycles. The summed E-state index contributed by atoms with van der Waals surface area (Å²) in [4.78, 5) is 33.5. The van der Waals surface area contributed by atoms with Gasteiger partial charge in [0.25, 0.3) is 0 Å². The second kappa shape index (κ2) is 16.2. The van der Waals surface area contributed by atoms with E-state index >= 15 is 8.78 Å². The van der Waals surface area contributed by atoms with Gasteiger partial charge in [0.2, 0.25) is 11.6 Å². The molecule has 298 valence electrons. The number of ether oxygens (including phenoxy) is 3. The minimum absolute atomic E-state index is 0.0498. The minimum atomic E-state index is -1.12.